The number of aromatic nitrogens is 2. The van der Waals surface area contributed by atoms with Gasteiger partial charge in [0.15, 0.2) is 5.16 Å². The van der Waals surface area contributed by atoms with Crippen LogP contribution in [-0.2, 0) is 16.6 Å². The summed E-state index contributed by atoms with van der Waals surface area (Å²) in [6, 6.07) is 8.80. The lowest BCUT2D eigenvalue weighted by Crippen LogP contribution is -2.44. The fraction of sp³-hybridized carbons (Fsp3) is 0.643. The van der Waals surface area contributed by atoms with E-state index in [4.69, 9.17) is 9.72 Å². The van der Waals surface area contributed by atoms with E-state index in [1.54, 1.807) is 11.8 Å². The molecule has 1 spiro atoms. The van der Waals surface area contributed by atoms with E-state index in [0.29, 0.717) is 12.5 Å². The largest absolute Gasteiger partial charge is 0.375 e. The molecule has 0 unspecified atom stereocenters. The molecule has 1 saturated carbocycles. The number of benzene rings is 1. The highest BCUT2D eigenvalue weighted by Crippen LogP contribution is 2.50. The van der Waals surface area contributed by atoms with Crippen LogP contribution in [0.25, 0.3) is 11.3 Å². The molecular formula is C28H38N2O2S. The van der Waals surface area contributed by atoms with Crippen LogP contribution < -0.4 is 5.56 Å². The summed E-state index contributed by atoms with van der Waals surface area (Å²) < 4.78 is 8.12. The van der Waals surface area contributed by atoms with E-state index in [1.807, 2.05) is 0 Å². The summed E-state index contributed by atoms with van der Waals surface area (Å²) in [6.45, 7) is 9.52. The smallest absolute Gasteiger partial charge is 0.258 e. The second-order valence-electron chi connectivity index (χ2n) is 11.4. The Kier molecular flexibility index (Phi) is 6.24. The van der Waals surface area contributed by atoms with Crippen LogP contribution >= 0.6 is 11.8 Å². The topological polar surface area (TPSA) is 44.1 Å². The second-order valence-corrected chi connectivity index (χ2v) is 12.5. The third kappa shape index (κ3) is 4.32. The summed E-state index contributed by atoms with van der Waals surface area (Å²) in [4.78, 5) is 19.8. The van der Waals surface area contributed by atoms with E-state index in [0.717, 1.165) is 60.7 Å². The average molecular weight is 467 g/mol. The number of fused-ring (bicyclic) bond motifs is 4. The molecule has 2 aromatic rings. The number of hydrogen-bond acceptors (Lipinski definition) is 4. The molecule has 0 bridgehead atoms. The van der Waals surface area contributed by atoms with Gasteiger partial charge in [-0.15, -0.1) is 0 Å². The minimum atomic E-state index is -0.213. The van der Waals surface area contributed by atoms with Gasteiger partial charge in [-0.1, -0.05) is 62.7 Å². The molecule has 2 heterocycles. The molecule has 178 valence electrons. The maximum absolute atomic E-state index is 14.5. The second kappa shape index (κ2) is 8.88. The molecule has 5 rings (SSSR count). The SMILES string of the molecule is CC(C)CCSc1nc2c(c(=O)n1[C@@H]1CCOC(C)(C)C1)C1(CCCC1)Cc1ccccc1-2. The Morgan fingerprint density at radius 3 is 2.70 bits per heavy atom. The highest BCUT2D eigenvalue weighted by Gasteiger charge is 2.45. The molecule has 1 atom stereocenters. The molecular weight excluding hydrogens is 428 g/mol. The molecule has 2 fully saturated rings. The zero-order valence-electron chi connectivity index (χ0n) is 20.7. The van der Waals surface area contributed by atoms with Gasteiger partial charge in [0.1, 0.15) is 0 Å². The van der Waals surface area contributed by atoms with Crippen molar-refractivity contribution in [3.8, 4) is 11.3 Å². The van der Waals surface area contributed by atoms with E-state index < -0.39 is 0 Å². The van der Waals surface area contributed by atoms with Crippen LogP contribution in [0.1, 0.15) is 89.8 Å². The molecule has 5 heteroatoms. The lowest BCUT2D eigenvalue weighted by atomic mass is 9.68. The van der Waals surface area contributed by atoms with Gasteiger partial charge in [-0.3, -0.25) is 9.36 Å². The molecule has 33 heavy (non-hydrogen) atoms. The van der Waals surface area contributed by atoms with Crippen molar-refractivity contribution in [2.75, 3.05) is 12.4 Å². The van der Waals surface area contributed by atoms with Crippen LogP contribution in [0, 0.1) is 5.92 Å². The Morgan fingerprint density at radius 1 is 1.21 bits per heavy atom. The van der Waals surface area contributed by atoms with Crippen molar-refractivity contribution in [2.24, 2.45) is 5.92 Å². The van der Waals surface area contributed by atoms with Crippen LogP contribution in [0.5, 0.6) is 0 Å². The predicted octanol–water partition coefficient (Wildman–Crippen LogP) is 6.55. The molecule has 3 aliphatic rings. The number of hydrogen-bond donors (Lipinski definition) is 0. The van der Waals surface area contributed by atoms with Crippen LogP contribution in [0.2, 0.25) is 0 Å². The summed E-state index contributed by atoms with van der Waals surface area (Å²) in [7, 11) is 0. The first kappa shape index (κ1) is 23.2. The van der Waals surface area contributed by atoms with Crippen molar-refractivity contribution in [3.63, 3.8) is 0 Å². The maximum atomic E-state index is 14.5. The Labute approximate surface area is 202 Å². The van der Waals surface area contributed by atoms with Gasteiger partial charge in [0.2, 0.25) is 0 Å². The van der Waals surface area contributed by atoms with Crippen LogP contribution in [0.3, 0.4) is 0 Å². The van der Waals surface area contributed by atoms with Crippen LogP contribution in [-0.4, -0.2) is 27.5 Å². The standard InChI is InChI=1S/C28H38N2O2S/c1-19(2)12-16-33-26-29-24-22-10-6-5-9-20(22)17-28(13-7-8-14-28)23(24)25(31)30(26)21-11-15-32-27(3,4)18-21/h5-6,9-10,19,21H,7-8,11-18H2,1-4H3/t21-/m1/s1. The summed E-state index contributed by atoms with van der Waals surface area (Å²) in [6.07, 6.45) is 8.45. The third-order valence-electron chi connectivity index (χ3n) is 7.94. The monoisotopic (exact) mass is 466 g/mol. The van der Waals surface area contributed by atoms with Crippen molar-refractivity contribution in [3.05, 3.63) is 45.7 Å². The van der Waals surface area contributed by atoms with Crippen molar-refractivity contribution in [2.45, 2.75) is 101 Å². The van der Waals surface area contributed by atoms with Gasteiger partial charge in [0, 0.05) is 29.4 Å². The first-order valence-corrected chi connectivity index (χ1v) is 13.8. The summed E-state index contributed by atoms with van der Waals surface area (Å²) in [5.74, 6) is 1.63. The molecule has 0 N–H and O–H groups in total. The van der Waals surface area contributed by atoms with Gasteiger partial charge in [0.25, 0.3) is 5.56 Å². The number of ether oxygens (including phenoxy) is 1. The van der Waals surface area contributed by atoms with E-state index in [-0.39, 0.29) is 22.6 Å². The minimum Gasteiger partial charge on any atom is -0.375 e. The first-order chi connectivity index (χ1) is 15.8. The van der Waals surface area contributed by atoms with E-state index >= 15 is 0 Å². The normalized spacial score (nSPS) is 23.0. The van der Waals surface area contributed by atoms with Gasteiger partial charge in [0.05, 0.1) is 16.9 Å². The van der Waals surface area contributed by atoms with Crippen molar-refractivity contribution < 1.29 is 4.74 Å². The Morgan fingerprint density at radius 2 is 1.97 bits per heavy atom. The lowest BCUT2D eigenvalue weighted by molar-refractivity contribution is -0.0710. The first-order valence-electron chi connectivity index (χ1n) is 12.8. The highest BCUT2D eigenvalue weighted by molar-refractivity contribution is 7.99. The van der Waals surface area contributed by atoms with Gasteiger partial charge in [-0.2, -0.15) is 0 Å². The average Bonchev–Trinajstić information content (AvgIpc) is 3.21. The quantitative estimate of drug-likeness (QED) is 0.370. The molecule has 1 aliphatic heterocycles. The number of nitrogens with zero attached hydrogens (tertiary/aromatic N) is 2. The highest BCUT2D eigenvalue weighted by atomic mass is 32.2. The maximum Gasteiger partial charge on any atom is 0.258 e. The van der Waals surface area contributed by atoms with Gasteiger partial charge >= 0.3 is 0 Å². The van der Waals surface area contributed by atoms with Gasteiger partial charge < -0.3 is 4.74 Å². The summed E-state index contributed by atoms with van der Waals surface area (Å²) in [5.41, 5.74) is 4.49. The zero-order chi connectivity index (χ0) is 23.2. The Bertz CT molecular complexity index is 1080. The molecule has 1 aromatic heterocycles. The van der Waals surface area contributed by atoms with Gasteiger partial charge in [-0.05, 0) is 63.9 Å². The number of thioether (sulfide) groups is 1. The van der Waals surface area contributed by atoms with E-state index in [1.165, 1.54) is 24.0 Å². The molecule has 1 saturated heterocycles. The van der Waals surface area contributed by atoms with Crippen LogP contribution in [0.4, 0.5) is 0 Å². The zero-order valence-corrected chi connectivity index (χ0v) is 21.5. The summed E-state index contributed by atoms with van der Waals surface area (Å²) in [5, 5.41) is 0.909. The van der Waals surface area contributed by atoms with Crippen LogP contribution in [0.15, 0.2) is 34.2 Å². The lowest BCUT2D eigenvalue weighted by Gasteiger charge is -2.40. The van der Waals surface area contributed by atoms with E-state index in [9.17, 15) is 4.79 Å². The Balaban J connectivity index is 1.70. The molecule has 0 amide bonds. The van der Waals surface area contributed by atoms with Gasteiger partial charge in [-0.25, -0.2) is 4.98 Å². The summed E-state index contributed by atoms with van der Waals surface area (Å²) >= 11 is 1.77. The molecule has 4 nitrogen and oxygen atoms in total. The molecule has 0 radical (unpaired) electrons. The predicted molar refractivity (Wildman–Crippen MR) is 136 cm³/mol. The number of rotatable bonds is 5. The van der Waals surface area contributed by atoms with Crippen molar-refractivity contribution in [1.82, 2.24) is 9.55 Å². The minimum absolute atomic E-state index is 0.0443. The third-order valence-corrected chi connectivity index (χ3v) is 8.92. The fourth-order valence-electron chi connectivity index (χ4n) is 6.25. The molecule has 1 aromatic carbocycles. The van der Waals surface area contributed by atoms with E-state index in [2.05, 4.69) is 56.5 Å². The van der Waals surface area contributed by atoms with Crippen molar-refractivity contribution >= 4 is 11.8 Å². The van der Waals surface area contributed by atoms with Crippen molar-refractivity contribution in [1.29, 1.82) is 0 Å². The fourth-order valence-corrected chi connectivity index (χ4v) is 7.55. The molecule has 2 aliphatic carbocycles. The Hall–Kier alpha value is -1.59.